The largest absolute Gasteiger partial charge is 0.498 e. The smallest absolute Gasteiger partial charge is 0.472 e. The fourth-order valence-electron chi connectivity index (χ4n) is 5.67. The second kappa shape index (κ2) is 36.8. The van der Waals surface area contributed by atoms with E-state index in [4.69, 9.17) is 23.6 Å². The van der Waals surface area contributed by atoms with Crippen molar-refractivity contribution in [3.05, 3.63) is 12.3 Å². The lowest BCUT2D eigenvalue weighted by atomic mass is 10.0. The van der Waals surface area contributed by atoms with Crippen LogP contribution in [0.1, 0.15) is 194 Å². The van der Waals surface area contributed by atoms with Crippen LogP contribution in [0.25, 0.3) is 0 Å². The first kappa shape index (κ1) is 48.0. The number of hydrogen-bond donors (Lipinski definition) is 3. The lowest BCUT2D eigenvalue weighted by molar-refractivity contribution is -0.153. The molecule has 0 aromatic heterocycles. The van der Waals surface area contributed by atoms with Crippen LogP contribution in [0.2, 0.25) is 0 Å². The molecule has 0 aromatic rings. The van der Waals surface area contributed by atoms with Gasteiger partial charge in [0, 0.05) is 6.42 Å². The molecule has 3 N–H and O–H groups in total. The van der Waals surface area contributed by atoms with Crippen molar-refractivity contribution < 1.29 is 43.0 Å². The average molecular weight is 721 g/mol. The molecular weight excluding hydrogens is 643 g/mol. The Balaban J connectivity index is 4.24. The molecule has 0 saturated carbocycles. The van der Waals surface area contributed by atoms with E-state index < -0.39 is 45.8 Å². The topological polar surface area (TPSA) is 132 Å². The Morgan fingerprint density at radius 2 is 1.02 bits per heavy atom. The van der Waals surface area contributed by atoms with Crippen LogP contribution in [0.15, 0.2) is 12.3 Å². The summed E-state index contributed by atoms with van der Waals surface area (Å²) < 4.78 is 33.0. The molecule has 292 valence electrons. The molecule has 3 atom stereocenters. The third-order valence-electron chi connectivity index (χ3n) is 8.80. The molecule has 0 spiro atoms. The number of aliphatic hydroxyl groups is 2. The third kappa shape index (κ3) is 36.6. The van der Waals surface area contributed by atoms with Crippen LogP contribution >= 0.6 is 7.82 Å². The summed E-state index contributed by atoms with van der Waals surface area (Å²) in [6.07, 6.45) is 35.4. The average Bonchev–Trinajstić information content (AvgIpc) is 3.09. The van der Waals surface area contributed by atoms with E-state index in [2.05, 4.69) is 13.8 Å². The fraction of sp³-hybridized carbons (Fsp3) is 0.923. The first-order chi connectivity index (χ1) is 23.8. The molecule has 0 saturated heterocycles. The maximum absolute atomic E-state index is 12.5. The maximum Gasteiger partial charge on any atom is 0.472 e. The van der Waals surface area contributed by atoms with Gasteiger partial charge < -0.3 is 24.6 Å². The van der Waals surface area contributed by atoms with Gasteiger partial charge in [0.1, 0.15) is 12.7 Å². The number of rotatable bonds is 39. The number of ether oxygens (including phenoxy) is 2. The Hall–Kier alpha value is -0.960. The fourth-order valence-corrected chi connectivity index (χ4v) is 6.46. The number of allylic oxidation sites excluding steroid dienone is 1. The van der Waals surface area contributed by atoms with Gasteiger partial charge in [0.25, 0.3) is 0 Å². The summed E-state index contributed by atoms with van der Waals surface area (Å²) in [5.41, 5.74) is 0. The van der Waals surface area contributed by atoms with E-state index >= 15 is 0 Å². The molecule has 0 aromatic carbocycles. The van der Waals surface area contributed by atoms with Crippen molar-refractivity contribution in [3.63, 3.8) is 0 Å². The lowest BCUT2D eigenvalue weighted by Gasteiger charge is -2.20. The van der Waals surface area contributed by atoms with Crippen LogP contribution in [-0.2, 0) is 27.9 Å². The molecule has 0 bridgehead atoms. The summed E-state index contributed by atoms with van der Waals surface area (Å²) in [6, 6.07) is 0. The molecule has 0 aliphatic carbocycles. The Morgan fingerprint density at radius 3 is 1.47 bits per heavy atom. The summed E-state index contributed by atoms with van der Waals surface area (Å²) in [4.78, 5) is 22.5. The van der Waals surface area contributed by atoms with Crippen molar-refractivity contribution in [2.24, 2.45) is 0 Å². The Bertz CT molecular complexity index is 780. The number of carbonyl (C=O) groups excluding carboxylic acids is 1. The third-order valence-corrected chi connectivity index (χ3v) is 9.75. The van der Waals surface area contributed by atoms with Crippen molar-refractivity contribution in [2.45, 2.75) is 206 Å². The van der Waals surface area contributed by atoms with Gasteiger partial charge in [-0.3, -0.25) is 13.8 Å². The van der Waals surface area contributed by atoms with Gasteiger partial charge in [0.05, 0.1) is 26.1 Å². The van der Waals surface area contributed by atoms with E-state index in [1.165, 1.54) is 141 Å². The van der Waals surface area contributed by atoms with Crippen LogP contribution in [0, 0.1) is 0 Å². The molecule has 9 nitrogen and oxygen atoms in total. The second-order valence-corrected chi connectivity index (χ2v) is 15.2. The first-order valence-electron chi connectivity index (χ1n) is 20.2. The number of aliphatic hydroxyl groups excluding tert-OH is 2. The molecule has 0 radical (unpaired) electrons. The van der Waals surface area contributed by atoms with E-state index in [1.807, 2.05) is 6.08 Å². The normalized spacial score (nSPS) is 14.2. The highest BCUT2D eigenvalue weighted by atomic mass is 31.2. The van der Waals surface area contributed by atoms with Crippen LogP contribution in [-0.4, -0.2) is 59.7 Å². The summed E-state index contributed by atoms with van der Waals surface area (Å²) in [7, 11) is -4.52. The number of hydrogen-bond acceptors (Lipinski definition) is 8. The maximum atomic E-state index is 12.5. The van der Waals surface area contributed by atoms with Crippen molar-refractivity contribution in [1.29, 1.82) is 0 Å². The molecule has 1 unspecified atom stereocenters. The van der Waals surface area contributed by atoms with Crippen molar-refractivity contribution >= 4 is 13.8 Å². The molecule has 0 rings (SSSR count). The SMILES string of the molecule is CCCCCCCCCCCCCC/C=C\OC[C@H](COP(=O)(O)OC[C@@H](O)CO)OC(=O)CCCCCCCCCCCCCCCC. The number of phosphoric acid groups is 1. The number of carbonyl (C=O) groups is 1. The monoisotopic (exact) mass is 721 g/mol. The minimum absolute atomic E-state index is 0.0291. The summed E-state index contributed by atoms with van der Waals surface area (Å²) in [5, 5.41) is 18.3. The highest BCUT2D eigenvalue weighted by Gasteiger charge is 2.26. The van der Waals surface area contributed by atoms with E-state index in [-0.39, 0.29) is 13.0 Å². The standard InChI is InChI=1S/C39H77O9P/c1-3-5-7-9-11-13-15-17-19-21-23-25-27-29-31-39(42)48-38(36-47-49(43,44)46-34-37(41)33-40)35-45-32-30-28-26-24-22-20-18-16-14-12-10-8-6-4-2/h30,32,37-38,40-41H,3-29,31,33-36H2,1-2H3,(H,43,44)/b32-30-/t37-,38+/m0/s1. The summed E-state index contributed by atoms with van der Waals surface area (Å²) >= 11 is 0. The van der Waals surface area contributed by atoms with E-state index in [0.29, 0.717) is 0 Å². The molecule has 49 heavy (non-hydrogen) atoms. The van der Waals surface area contributed by atoms with Crippen molar-refractivity contribution in [3.8, 4) is 0 Å². The van der Waals surface area contributed by atoms with Gasteiger partial charge in [0.15, 0.2) is 6.10 Å². The van der Waals surface area contributed by atoms with Gasteiger partial charge in [-0.2, -0.15) is 0 Å². The molecular formula is C39H77O9P. The summed E-state index contributed by atoms with van der Waals surface area (Å²) in [5.74, 6) is -0.402. The number of phosphoric ester groups is 1. The molecule has 0 aliphatic heterocycles. The predicted molar refractivity (Wildman–Crippen MR) is 200 cm³/mol. The van der Waals surface area contributed by atoms with Crippen LogP contribution in [0.4, 0.5) is 0 Å². The first-order valence-corrected chi connectivity index (χ1v) is 21.7. The number of esters is 1. The second-order valence-electron chi connectivity index (χ2n) is 13.7. The van der Waals surface area contributed by atoms with Gasteiger partial charge in [-0.05, 0) is 25.3 Å². The van der Waals surface area contributed by atoms with Gasteiger partial charge in [-0.1, -0.05) is 168 Å². The molecule has 10 heteroatoms. The molecule has 0 fully saturated rings. The van der Waals surface area contributed by atoms with E-state index in [1.54, 1.807) is 6.26 Å². The highest BCUT2D eigenvalue weighted by Crippen LogP contribution is 2.43. The highest BCUT2D eigenvalue weighted by molar-refractivity contribution is 7.47. The zero-order valence-corrected chi connectivity index (χ0v) is 32.6. The van der Waals surface area contributed by atoms with Gasteiger partial charge in [0.2, 0.25) is 0 Å². The van der Waals surface area contributed by atoms with Crippen LogP contribution in [0.5, 0.6) is 0 Å². The van der Waals surface area contributed by atoms with Gasteiger partial charge >= 0.3 is 13.8 Å². The van der Waals surface area contributed by atoms with Crippen molar-refractivity contribution in [2.75, 3.05) is 26.4 Å². The minimum Gasteiger partial charge on any atom is -0.498 e. The van der Waals surface area contributed by atoms with Crippen LogP contribution in [0.3, 0.4) is 0 Å². The Kier molecular flexibility index (Phi) is 36.1. The van der Waals surface area contributed by atoms with E-state index in [0.717, 1.165) is 32.1 Å². The summed E-state index contributed by atoms with van der Waals surface area (Å²) in [6.45, 7) is 2.90. The molecule has 0 aliphatic rings. The zero-order valence-electron chi connectivity index (χ0n) is 31.7. The lowest BCUT2D eigenvalue weighted by Crippen LogP contribution is -2.28. The zero-order chi connectivity index (χ0) is 36.1. The molecule has 0 heterocycles. The van der Waals surface area contributed by atoms with Crippen LogP contribution < -0.4 is 0 Å². The quantitative estimate of drug-likeness (QED) is 0.0246. The van der Waals surface area contributed by atoms with E-state index in [9.17, 15) is 19.4 Å². The number of unbranched alkanes of at least 4 members (excludes halogenated alkanes) is 25. The van der Waals surface area contributed by atoms with Gasteiger partial charge in [-0.25, -0.2) is 4.57 Å². The van der Waals surface area contributed by atoms with Crippen molar-refractivity contribution in [1.82, 2.24) is 0 Å². The minimum atomic E-state index is -4.52. The Morgan fingerprint density at radius 1 is 0.612 bits per heavy atom. The predicted octanol–water partition coefficient (Wildman–Crippen LogP) is 10.9. The molecule has 0 amide bonds. The Labute approximate surface area is 300 Å². The van der Waals surface area contributed by atoms with Gasteiger partial charge in [-0.15, -0.1) is 0 Å².